The van der Waals surface area contributed by atoms with Crippen molar-refractivity contribution >= 4 is 28.5 Å². The topological polar surface area (TPSA) is 71.8 Å². The van der Waals surface area contributed by atoms with E-state index in [2.05, 4.69) is 5.32 Å². The Morgan fingerprint density at radius 3 is 2.62 bits per heavy atom. The molecule has 152 valence electrons. The van der Waals surface area contributed by atoms with E-state index in [0.29, 0.717) is 23.6 Å². The third-order valence-corrected chi connectivity index (χ3v) is 4.88. The average Bonchev–Trinajstić information content (AvgIpc) is 3.13. The van der Waals surface area contributed by atoms with Gasteiger partial charge in [0.1, 0.15) is 17.4 Å². The van der Waals surface area contributed by atoms with E-state index in [4.69, 9.17) is 9.15 Å². The summed E-state index contributed by atoms with van der Waals surface area (Å²) in [5, 5.41) is 3.74. The largest absolute Gasteiger partial charge is 0.497 e. The molecule has 3 rings (SSSR count). The summed E-state index contributed by atoms with van der Waals surface area (Å²) in [7, 11) is 1.60. The first kappa shape index (κ1) is 20.5. The molecule has 1 atom stereocenters. The molecule has 0 fully saturated rings. The maximum atomic E-state index is 13.0. The van der Waals surface area contributed by atoms with Crippen molar-refractivity contribution in [2.24, 2.45) is 0 Å². The fourth-order valence-electron chi connectivity index (χ4n) is 3.28. The SMILES string of the molecule is CCCN(C(=O)Cc1coc2cc(OC)ccc12)C(C)C(=O)Nc1ccccc1. The normalized spacial score (nSPS) is 11.8. The maximum Gasteiger partial charge on any atom is 0.246 e. The van der Waals surface area contributed by atoms with E-state index in [0.717, 1.165) is 17.4 Å². The van der Waals surface area contributed by atoms with E-state index in [1.165, 1.54) is 0 Å². The van der Waals surface area contributed by atoms with Gasteiger partial charge in [0, 0.05) is 29.2 Å². The van der Waals surface area contributed by atoms with Gasteiger partial charge in [-0.25, -0.2) is 0 Å². The summed E-state index contributed by atoms with van der Waals surface area (Å²) in [6, 6.07) is 14.2. The van der Waals surface area contributed by atoms with Crippen molar-refractivity contribution < 1.29 is 18.7 Å². The van der Waals surface area contributed by atoms with E-state index in [1.54, 1.807) is 31.3 Å². The molecule has 6 heteroatoms. The fraction of sp³-hybridized carbons (Fsp3) is 0.304. The van der Waals surface area contributed by atoms with Crippen LogP contribution in [0.4, 0.5) is 5.69 Å². The van der Waals surface area contributed by atoms with Gasteiger partial charge < -0.3 is 19.4 Å². The van der Waals surface area contributed by atoms with Crippen molar-refractivity contribution in [3.05, 3.63) is 60.4 Å². The van der Waals surface area contributed by atoms with Gasteiger partial charge in [0.05, 0.1) is 19.8 Å². The van der Waals surface area contributed by atoms with E-state index in [9.17, 15) is 9.59 Å². The molecule has 1 heterocycles. The van der Waals surface area contributed by atoms with Crippen LogP contribution in [-0.2, 0) is 16.0 Å². The van der Waals surface area contributed by atoms with Gasteiger partial charge in [-0.15, -0.1) is 0 Å². The second-order valence-corrected chi connectivity index (χ2v) is 6.92. The Kier molecular flexibility index (Phi) is 6.54. The van der Waals surface area contributed by atoms with Crippen LogP contribution in [0.15, 0.2) is 59.2 Å². The molecule has 2 amide bonds. The predicted molar refractivity (Wildman–Crippen MR) is 113 cm³/mol. The number of methoxy groups -OCH3 is 1. The number of furan rings is 1. The van der Waals surface area contributed by atoms with Crippen LogP contribution >= 0.6 is 0 Å². The van der Waals surface area contributed by atoms with Crippen molar-refractivity contribution in [3.63, 3.8) is 0 Å². The number of hydrogen-bond donors (Lipinski definition) is 1. The molecule has 0 spiro atoms. The minimum absolute atomic E-state index is 0.110. The number of carbonyl (C=O) groups is 2. The number of nitrogens with one attached hydrogen (secondary N) is 1. The van der Waals surface area contributed by atoms with Crippen molar-refractivity contribution in [3.8, 4) is 5.75 Å². The van der Waals surface area contributed by atoms with Crippen LogP contribution in [0.2, 0.25) is 0 Å². The van der Waals surface area contributed by atoms with Gasteiger partial charge >= 0.3 is 0 Å². The van der Waals surface area contributed by atoms with Crippen molar-refractivity contribution in [1.29, 1.82) is 0 Å². The number of carbonyl (C=O) groups excluding carboxylic acids is 2. The molecule has 0 saturated heterocycles. The lowest BCUT2D eigenvalue weighted by Gasteiger charge is -2.28. The lowest BCUT2D eigenvalue weighted by atomic mass is 10.1. The average molecular weight is 394 g/mol. The fourth-order valence-corrected chi connectivity index (χ4v) is 3.28. The first-order valence-electron chi connectivity index (χ1n) is 9.73. The number of nitrogens with zero attached hydrogens (tertiary/aromatic N) is 1. The van der Waals surface area contributed by atoms with Crippen molar-refractivity contribution in [1.82, 2.24) is 4.90 Å². The zero-order valence-electron chi connectivity index (χ0n) is 17.0. The van der Waals surface area contributed by atoms with Crippen LogP contribution in [0.3, 0.4) is 0 Å². The monoisotopic (exact) mass is 394 g/mol. The van der Waals surface area contributed by atoms with Gasteiger partial charge in [-0.05, 0) is 37.6 Å². The van der Waals surface area contributed by atoms with Crippen LogP contribution in [0.1, 0.15) is 25.8 Å². The summed E-state index contributed by atoms with van der Waals surface area (Å²) in [6.45, 7) is 4.25. The molecule has 3 aromatic rings. The van der Waals surface area contributed by atoms with Gasteiger partial charge in [-0.1, -0.05) is 25.1 Å². The first-order chi connectivity index (χ1) is 14.0. The van der Waals surface area contributed by atoms with Gasteiger partial charge in [0.15, 0.2) is 0 Å². The van der Waals surface area contributed by atoms with E-state index >= 15 is 0 Å². The summed E-state index contributed by atoms with van der Waals surface area (Å²) >= 11 is 0. The molecule has 2 aromatic carbocycles. The summed E-state index contributed by atoms with van der Waals surface area (Å²) in [6.07, 6.45) is 2.53. The Morgan fingerprint density at radius 1 is 1.17 bits per heavy atom. The number of benzene rings is 2. The highest BCUT2D eigenvalue weighted by molar-refractivity contribution is 5.97. The highest BCUT2D eigenvalue weighted by atomic mass is 16.5. The molecule has 0 aliphatic rings. The Labute approximate surface area is 170 Å². The Bertz CT molecular complexity index is 981. The van der Waals surface area contributed by atoms with Crippen LogP contribution in [0.25, 0.3) is 11.0 Å². The highest BCUT2D eigenvalue weighted by Crippen LogP contribution is 2.26. The van der Waals surface area contributed by atoms with Crippen molar-refractivity contribution in [2.45, 2.75) is 32.7 Å². The summed E-state index contributed by atoms with van der Waals surface area (Å²) in [4.78, 5) is 27.4. The minimum Gasteiger partial charge on any atom is -0.497 e. The number of para-hydroxylation sites is 1. The molecule has 1 N–H and O–H groups in total. The smallest absolute Gasteiger partial charge is 0.246 e. The summed E-state index contributed by atoms with van der Waals surface area (Å²) in [5.74, 6) is 0.379. The van der Waals surface area contributed by atoms with Crippen LogP contribution in [0, 0.1) is 0 Å². The third-order valence-electron chi connectivity index (χ3n) is 4.88. The second kappa shape index (κ2) is 9.28. The molecule has 0 saturated carbocycles. The zero-order valence-corrected chi connectivity index (χ0v) is 17.0. The number of hydrogen-bond acceptors (Lipinski definition) is 4. The molecule has 0 aliphatic heterocycles. The van der Waals surface area contributed by atoms with Gasteiger partial charge in [0.2, 0.25) is 11.8 Å². The predicted octanol–water partition coefficient (Wildman–Crippen LogP) is 4.25. The van der Waals surface area contributed by atoms with Gasteiger partial charge in [-0.3, -0.25) is 9.59 Å². The number of anilines is 1. The van der Waals surface area contributed by atoms with Gasteiger partial charge in [0.25, 0.3) is 0 Å². The molecular weight excluding hydrogens is 368 g/mol. The van der Waals surface area contributed by atoms with Crippen LogP contribution < -0.4 is 10.1 Å². The van der Waals surface area contributed by atoms with E-state index < -0.39 is 6.04 Å². The number of amides is 2. The molecule has 0 aliphatic carbocycles. The van der Waals surface area contributed by atoms with E-state index in [1.807, 2.05) is 49.4 Å². The van der Waals surface area contributed by atoms with Gasteiger partial charge in [-0.2, -0.15) is 0 Å². The quantitative estimate of drug-likeness (QED) is 0.620. The van der Waals surface area contributed by atoms with E-state index in [-0.39, 0.29) is 18.2 Å². The molecular formula is C23H26N2O4. The molecule has 1 unspecified atom stereocenters. The van der Waals surface area contributed by atoms with Crippen molar-refractivity contribution in [2.75, 3.05) is 19.0 Å². The second-order valence-electron chi connectivity index (χ2n) is 6.92. The zero-order chi connectivity index (χ0) is 20.8. The van der Waals surface area contributed by atoms with Crippen LogP contribution in [0.5, 0.6) is 5.75 Å². The number of fused-ring (bicyclic) bond motifs is 1. The highest BCUT2D eigenvalue weighted by Gasteiger charge is 2.26. The Morgan fingerprint density at radius 2 is 1.93 bits per heavy atom. The molecule has 6 nitrogen and oxygen atoms in total. The Hall–Kier alpha value is -3.28. The number of rotatable bonds is 8. The molecule has 1 aromatic heterocycles. The summed E-state index contributed by atoms with van der Waals surface area (Å²) < 4.78 is 10.8. The standard InChI is InChI=1S/C23H26N2O4/c1-4-12-25(16(2)23(27)24-18-8-6-5-7-9-18)22(26)13-17-15-29-21-14-19(28-3)10-11-20(17)21/h5-11,14-16H,4,12-13H2,1-3H3,(H,24,27). The lowest BCUT2D eigenvalue weighted by molar-refractivity contribution is -0.137. The molecule has 29 heavy (non-hydrogen) atoms. The molecule has 0 radical (unpaired) electrons. The Balaban J connectivity index is 1.74. The van der Waals surface area contributed by atoms with Crippen LogP contribution in [-0.4, -0.2) is 36.4 Å². The summed E-state index contributed by atoms with van der Waals surface area (Å²) in [5.41, 5.74) is 2.18. The third kappa shape index (κ3) is 4.77. The first-order valence-corrected chi connectivity index (χ1v) is 9.73. The number of ether oxygens (including phenoxy) is 1. The lowest BCUT2D eigenvalue weighted by Crippen LogP contribution is -2.46. The minimum atomic E-state index is -0.582. The molecule has 0 bridgehead atoms. The maximum absolute atomic E-state index is 13.0.